The lowest BCUT2D eigenvalue weighted by molar-refractivity contribution is -0.0639. The molecule has 0 aliphatic carbocycles. The molecule has 42 heteroatoms. The van der Waals surface area contributed by atoms with E-state index in [-0.39, 0.29) is 71.5 Å². The summed E-state index contributed by atoms with van der Waals surface area (Å²) in [7, 11) is -3.46. The molecule has 0 amide bonds. The van der Waals surface area contributed by atoms with Crippen molar-refractivity contribution in [2.24, 2.45) is 0 Å². The minimum atomic E-state index is -4.72. The number of nitrogens with zero attached hydrogens (tertiary/aromatic N) is 12. The van der Waals surface area contributed by atoms with Crippen molar-refractivity contribution in [2.75, 3.05) is 70.6 Å². The first-order valence-electron chi connectivity index (χ1n) is 22.4. The third-order valence-electron chi connectivity index (χ3n) is 11.7. The number of rotatable bonds is 25. The Morgan fingerprint density at radius 2 is 1.13 bits per heavy atom. The minimum absolute atomic E-state index is 0.00113. The molecule has 35 nitrogen and oxygen atoms in total. The highest BCUT2D eigenvalue weighted by molar-refractivity contribution is 8.07. The van der Waals surface area contributed by atoms with E-state index in [1.54, 1.807) is 0 Å². The quantitative estimate of drug-likeness (QED) is 0.0235. The van der Waals surface area contributed by atoms with Crippen molar-refractivity contribution in [1.82, 2.24) is 58.6 Å². The smallest absolute Gasteiger partial charge is 0.394 e. The number of phosphoric acid groups is 1. The number of fused-ring (bicyclic) bond motifs is 3. The number of aliphatic hydroxyl groups is 2. The molecule has 0 saturated carbocycles. The number of aromatic nitrogens is 12. The van der Waals surface area contributed by atoms with Gasteiger partial charge in [0.2, 0.25) is 0 Å². The standard InChI is InChI=1S/C35H49N15O20P4S3/c1-59-23-17(9-64-71(53,54)62-6-3-51)67-35(50-15-47-21-29(38)41-12-44-32(21)50)26(23)70-74(58,77)65-8-16-22(52)25(34(66-16)49-14-46-20-28(37)40-11-43-31(20)49)69-73(57,76)63-5-2-4-60-24-18(68-72(55,56)75)7-61-33(24)48-13-45-19-27(36)39-10-42-30(19)48/h10-18,22-26,33-35,51-52H,2-9H2,1H3,(H,53,54)(H,57,76)(H,58,77)(H2,36,39,42)(H2,37,40,43)(H2,38,41,44)(H2,55,56,75)/t16-,17-,18+,22+,23+,24?,25?,26?,33-,34-,35-,73?,74?/m1/s1. The maximum atomic E-state index is 12.5. The van der Waals surface area contributed by atoms with E-state index in [9.17, 15) is 34.1 Å². The van der Waals surface area contributed by atoms with Crippen LogP contribution in [0.4, 0.5) is 17.5 Å². The Morgan fingerprint density at radius 3 is 1.68 bits per heavy atom. The summed E-state index contributed by atoms with van der Waals surface area (Å²) in [6.45, 7) is -16.0. The predicted octanol–water partition coefficient (Wildman–Crippen LogP) is -1.32. The van der Waals surface area contributed by atoms with E-state index in [1.165, 1.54) is 46.1 Å². The predicted molar refractivity (Wildman–Crippen MR) is 270 cm³/mol. The molecule has 0 spiro atoms. The molecular weight excluding hydrogens is 1170 g/mol. The van der Waals surface area contributed by atoms with Crippen LogP contribution < -0.4 is 17.2 Å². The van der Waals surface area contributed by atoms with Gasteiger partial charge in [-0.1, -0.05) is 0 Å². The lowest BCUT2D eigenvalue weighted by Crippen LogP contribution is -2.37. The Bertz CT molecular complexity index is 3260. The van der Waals surface area contributed by atoms with Crippen LogP contribution in [0.5, 0.6) is 0 Å². The van der Waals surface area contributed by atoms with Gasteiger partial charge in [0.25, 0.3) is 0 Å². The highest BCUT2D eigenvalue weighted by Crippen LogP contribution is 2.54. The molecule has 6 aromatic rings. The van der Waals surface area contributed by atoms with Gasteiger partial charge >= 0.3 is 28.0 Å². The Balaban J connectivity index is 0.886. The van der Waals surface area contributed by atoms with E-state index >= 15 is 0 Å². The highest BCUT2D eigenvalue weighted by atomic mass is 32.5. The molecule has 0 radical (unpaired) electrons. The fourth-order valence-corrected chi connectivity index (χ4v) is 12.9. The maximum Gasteiger partial charge on any atom is 0.472 e. The summed E-state index contributed by atoms with van der Waals surface area (Å²) in [5.74, 6) is 0.126. The molecule has 3 saturated heterocycles. The SMILES string of the molecule is CO[C@@H]1C(OP(O)(=S)OC[C@H]2O[C@@H](n3cnc4c(N)ncnc43)C(OP(O)(=S)OCCCOC3[C@@H](OP(O)(O)=S)CO[C@H]3n3cnc4c(N)ncnc43)[C@H]2O)[C@H](n2cnc3c(N)ncnc32)O[C@@H]1COP(=O)(O)OCCO. The first-order valence-corrected chi connectivity index (χ1v) is 31.7. The van der Waals surface area contributed by atoms with Crippen LogP contribution in [0.2, 0.25) is 0 Å². The molecule has 0 aromatic carbocycles. The summed E-state index contributed by atoms with van der Waals surface area (Å²) in [4.78, 5) is 90.7. The van der Waals surface area contributed by atoms with Crippen molar-refractivity contribution in [3.63, 3.8) is 0 Å². The van der Waals surface area contributed by atoms with E-state index in [4.69, 9.17) is 113 Å². The van der Waals surface area contributed by atoms with Crippen LogP contribution >= 0.6 is 28.0 Å². The summed E-state index contributed by atoms with van der Waals surface area (Å²) >= 11 is 15.6. The van der Waals surface area contributed by atoms with Gasteiger partial charge in [0, 0.05) is 13.7 Å². The number of anilines is 3. The zero-order chi connectivity index (χ0) is 55.0. The summed E-state index contributed by atoms with van der Waals surface area (Å²) in [5, 5.41) is 21.0. The molecule has 77 heavy (non-hydrogen) atoms. The highest BCUT2D eigenvalue weighted by Gasteiger charge is 2.53. The monoisotopic (exact) mass is 1220 g/mol. The summed E-state index contributed by atoms with van der Waals surface area (Å²) < 4.78 is 85.6. The molecule has 9 rings (SSSR count). The first-order chi connectivity index (χ1) is 36.6. The third kappa shape index (κ3) is 13.1. The summed E-state index contributed by atoms with van der Waals surface area (Å²) in [6, 6.07) is 0. The van der Waals surface area contributed by atoms with Crippen LogP contribution in [-0.2, 0) is 95.3 Å². The molecule has 3 fully saturated rings. The normalized spacial score (nSPS) is 28.4. The Kier molecular flexibility index (Phi) is 18.0. The summed E-state index contributed by atoms with van der Waals surface area (Å²) in [5.41, 5.74) is 19.2. The number of ether oxygens (including phenoxy) is 5. The Hall–Kier alpha value is -3.53. The van der Waals surface area contributed by atoms with Gasteiger partial charge < -0.3 is 89.1 Å². The third-order valence-corrected chi connectivity index (χ3v) is 16.7. The topological polar surface area (TPSA) is 478 Å². The van der Waals surface area contributed by atoms with Crippen LogP contribution in [-0.4, -0.2) is 195 Å². The van der Waals surface area contributed by atoms with Gasteiger partial charge in [-0.15, -0.1) is 0 Å². The molecule has 3 aliphatic heterocycles. The van der Waals surface area contributed by atoms with E-state index in [2.05, 4.69) is 44.9 Å². The molecular formula is C35H49N15O20P4S3. The number of phosphoric ester groups is 1. The lowest BCUT2D eigenvalue weighted by atomic mass is 10.1. The van der Waals surface area contributed by atoms with Crippen molar-refractivity contribution in [2.45, 2.75) is 73.9 Å². The lowest BCUT2D eigenvalue weighted by Gasteiger charge is -2.28. The second-order valence-corrected chi connectivity index (χ2v) is 26.3. The zero-order valence-corrected chi connectivity index (χ0v) is 45.5. The number of nitrogens with two attached hydrogens (primary N) is 3. The number of nitrogen functional groups attached to an aromatic ring is 3. The average molecular weight is 1220 g/mol. The van der Waals surface area contributed by atoms with E-state index in [0.29, 0.717) is 5.65 Å². The number of hydrogen-bond acceptors (Lipinski definition) is 30. The van der Waals surface area contributed by atoms with Crippen molar-refractivity contribution in [3.05, 3.63) is 38.0 Å². The van der Waals surface area contributed by atoms with Crippen molar-refractivity contribution in [3.8, 4) is 0 Å². The number of methoxy groups -OCH3 is 1. The summed E-state index contributed by atoms with van der Waals surface area (Å²) in [6.07, 6.45) is -6.83. The molecule has 0 bridgehead atoms. The molecule has 13 N–H and O–H groups in total. The van der Waals surface area contributed by atoms with Crippen molar-refractivity contribution < 1.29 is 94.6 Å². The van der Waals surface area contributed by atoms with Gasteiger partial charge in [-0.3, -0.25) is 31.8 Å². The van der Waals surface area contributed by atoms with Gasteiger partial charge in [0.1, 0.15) is 84.4 Å². The van der Waals surface area contributed by atoms with Gasteiger partial charge in [-0.05, 0) is 41.8 Å². The molecule has 422 valence electrons. The van der Waals surface area contributed by atoms with E-state index in [0.717, 1.165) is 12.7 Å². The number of hydrogen-bond donors (Lipinski definition) is 10. The number of imidazole rings is 3. The van der Waals surface area contributed by atoms with Crippen LogP contribution in [0.15, 0.2) is 38.0 Å². The Labute approximate surface area is 448 Å². The van der Waals surface area contributed by atoms with Gasteiger partial charge in [0.15, 0.2) is 53.1 Å². The van der Waals surface area contributed by atoms with Crippen LogP contribution in [0.1, 0.15) is 25.1 Å². The van der Waals surface area contributed by atoms with E-state index < -0.39 is 122 Å². The van der Waals surface area contributed by atoms with Gasteiger partial charge in [0.05, 0.1) is 58.6 Å². The fourth-order valence-electron chi connectivity index (χ4n) is 8.44. The number of aliphatic hydroxyl groups excluding tert-OH is 2. The van der Waals surface area contributed by atoms with E-state index in [1.807, 2.05) is 0 Å². The zero-order valence-electron chi connectivity index (χ0n) is 39.5. The van der Waals surface area contributed by atoms with Crippen LogP contribution in [0.3, 0.4) is 0 Å². The molecule has 14 atom stereocenters. The average Bonchev–Trinajstić information content (AvgIpc) is 4.28. The van der Waals surface area contributed by atoms with Crippen molar-refractivity contribution >= 4 is 114 Å². The second kappa shape index (κ2) is 23.9. The fraction of sp³-hybridized carbons (Fsp3) is 0.571. The minimum Gasteiger partial charge on any atom is -0.394 e. The molecule has 9 heterocycles. The van der Waals surface area contributed by atoms with Gasteiger partial charge in [-0.2, -0.15) is 0 Å². The van der Waals surface area contributed by atoms with Crippen LogP contribution in [0, 0.1) is 0 Å². The largest absolute Gasteiger partial charge is 0.472 e. The molecule has 6 aromatic heterocycles. The van der Waals surface area contributed by atoms with Crippen LogP contribution in [0.25, 0.3) is 33.5 Å². The second-order valence-electron chi connectivity index (χ2n) is 16.6. The maximum absolute atomic E-state index is 12.5. The molecule has 3 aliphatic rings. The first kappa shape index (κ1) is 58.1. The Morgan fingerprint density at radius 1 is 0.623 bits per heavy atom. The molecule has 6 unspecified atom stereocenters. The van der Waals surface area contributed by atoms with Gasteiger partial charge in [-0.25, -0.2) is 49.4 Å². The van der Waals surface area contributed by atoms with Crippen molar-refractivity contribution in [1.29, 1.82) is 0 Å².